The zero-order valence-corrected chi connectivity index (χ0v) is 14.8. The van der Waals surface area contributed by atoms with Gasteiger partial charge in [-0.25, -0.2) is 0 Å². The van der Waals surface area contributed by atoms with Gasteiger partial charge in [-0.05, 0) is 54.0 Å². The molecule has 0 radical (unpaired) electrons. The quantitative estimate of drug-likeness (QED) is 0.685. The van der Waals surface area contributed by atoms with Crippen molar-refractivity contribution < 1.29 is 14.6 Å². The van der Waals surface area contributed by atoms with Crippen LogP contribution in [0, 0.1) is 0 Å². The van der Waals surface area contributed by atoms with Crippen LogP contribution in [0.1, 0.15) is 29.7 Å². The van der Waals surface area contributed by atoms with E-state index in [1.807, 2.05) is 48.5 Å². The SMILES string of the molecule is COc1ccc2c(c1)C(C)=C(c1ccccc1)C(c1ccc(O)cc1)O2. The van der Waals surface area contributed by atoms with Gasteiger partial charge in [0.15, 0.2) is 0 Å². The van der Waals surface area contributed by atoms with Gasteiger partial charge in [-0.3, -0.25) is 0 Å². The largest absolute Gasteiger partial charge is 0.508 e. The highest BCUT2D eigenvalue weighted by Gasteiger charge is 2.29. The lowest BCUT2D eigenvalue weighted by atomic mass is 9.86. The van der Waals surface area contributed by atoms with E-state index >= 15 is 0 Å². The number of fused-ring (bicyclic) bond motifs is 1. The van der Waals surface area contributed by atoms with E-state index < -0.39 is 0 Å². The van der Waals surface area contributed by atoms with Gasteiger partial charge >= 0.3 is 0 Å². The number of phenolic OH excluding ortho intramolecular Hbond substituents is 1. The van der Waals surface area contributed by atoms with Crippen molar-refractivity contribution in [3.8, 4) is 17.2 Å². The molecule has 0 bridgehead atoms. The number of ether oxygens (including phenoxy) is 2. The fourth-order valence-electron chi connectivity index (χ4n) is 3.43. The summed E-state index contributed by atoms with van der Waals surface area (Å²) >= 11 is 0. The maximum atomic E-state index is 9.64. The highest BCUT2D eigenvalue weighted by Crippen LogP contribution is 2.47. The number of phenols is 1. The molecule has 1 N–H and O–H groups in total. The van der Waals surface area contributed by atoms with Crippen LogP contribution in [0.25, 0.3) is 11.1 Å². The number of benzene rings is 3. The van der Waals surface area contributed by atoms with E-state index in [-0.39, 0.29) is 11.9 Å². The summed E-state index contributed by atoms with van der Waals surface area (Å²) in [7, 11) is 1.67. The fourth-order valence-corrected chi connectivity index (χ4v) is 3.43. The Morgan fingerprint density at radius 1 is 0.923 bits per heavy atom. The molecule has 1 unspecified atom stereocenters. The van der Waals surface area contributed by atoms with Gasteiger partial charge in [0.25, 0.3) is 0 Å². The molecule has 3 nitrogen and oxygen atoms in total. The number of allylic oxidation sites excluding steroid dienone is 1. The van der Waals surface area contributed by atoms with Gasteiger partial charge < -0.3 is 14.6 Å². The molecule has 1 atom stereocenters. The van der Waals surface area contributed by atoms with E-state index in [2.05, 4.69) is 19.1 Å². The molecule has 0 saturated carbocycles. The van der Waals surface area contributed by atoms with Crippen LogP contribution in [-0.2, 0) is 0 Å². The second kappa shape index (κ2) is 6.60. The van der Waals surface area contributed by atoms with E-state index in [4.69, 9.17) is 9.47 Å². The van der Waals surface area contributed by atoms with E-state index in [0.717, 1.165) is 39.3 Å². The van der Waals surface area contributed by atoms with Gasteiger partial charge in [-0.2, -0.15) is 0 Å². The number of hydrogen-bond acceptors (Lipinski definition) is 3. The Balaban J connectivity index is 1.92. The average Bonchev–Trinajstić information content (AvgIpc) is 2.69. The minimum atomic E-state index is -0.237. The van der Waals surface area contributed by atoms with Gasteiger partial charge in [0, 0.05) is 11.1 Å². The first kappa shape index (κ1) is 16.3. The minimum Gasteiger partial charge on any atom is -0.508 e. The third kappa shape index (κ3) is 2.82. The molecule has 3 aromatic rings. The van der Waals surface area contributed by atoms with Crippen LogP contribution in [0.5, 0.6) is 17.2 Å². The van der Waals surface area contributed by atoms with Crippen LogP contribution in [-0.4, -0.2) is 12.2 Å². The van der Waals surface area contributed by atoms with Gasteiger partial charge in [-0.15, -0.1) is 0 Å². The van der Waals surface area contributed by atoms with Crippen molar-refractivity contribution >= 4 is 11.1 Å². The van der Waals surface area contributed by atoms with Crippen molar-refractivity contribution in [2.75, 3.05) is 7.11 Å². The van der Waals surface area contributed by atoms with Crippen LogP contribution < -0.4 is 9.47 Å². The molecular formula is C23H20O3. The predicted molar refractivity (Wildman–Crippen MR) is 103 cm³/mol. The molecule has 26 heavy (non-hydrogen) atoms. The summed E-state index contributed by atoms with van der Waals surface area (Å²) in [6, 6.07) is 23.4. The summed E-state index contributed by atoms with van der Waals surface area (Å²) in [4.78, 5) is 0. The smallest absolute Gasteiger partial charge is 0.150 e. The molecule has 0 spiro atoms. The van der Waals surface area contributed by atoms with Crippen molar-refractivity contribution in [2.24, 2.45) is 0 Å². The molecule has 0 amide bonds. The lowest BCUT2D eigenvalue weighted by molar-refractivity contribution is 0.259. The zero-order valence-electron chi connectivity index (χ0n) is 14.8. The number of hydrogen-bond donors (Lipinski definition) is 1. The Bertz CT molecular complexity index is 957. The summed E-state index contributed by atoms with van der Waals surface area (Å²) in [5.41, 5.74) is 5.45. The number of methoxy groups -OCH3 is 1. The van der Waals surface area contributed by atoms with Crippen LogP contribution >= 0.6 is 0 Å². The molecule has 1 heterocycles. The lowest BCUT2D eigenvalue weighted by Crippen LogP contribution is -2.16. The molecule has 3 heteroatoms. The third-order valence-electron chi connectivity index (χ3n) is 4.78. The van der Waals surface area contributed by atoms with E-state index in [1.54, 1.807) is 19.2 Å². The van der Waals surface area contributed by atoms with Gasteiger partial charge in [0.05, 0.1) is 7.11 Å². The monoisotopic (exact) mass is 344 g/mol. The van der Waals surface area contributed by atoms with Gasteiger partial charge in [0.2, 0.25) is 0 Å². The van der Waals surface area contributed by atoms with E-state index in [0.29, 0.717) is 0 Å². The second-order valence-electron chi connectivity index (χ2n) is 6.36. The maximum Gasteiger partial charge on any atom is 0.150 e. The van der Waals surface area contributed by atoms with Crippen molar-refractivity contribution in [3.05, 3.63) is 89.5 Å². The summed E-state index contributed by atoms with van der Waals surface area (Å²) in [5.74, 6) is 1.89. The first-order valence-electron chi connectivity index (χ1n) is 8.57. The van der Waals surface area contributed by atoms with Crippen LogP contribution in [0.4, 0.5) is 0 Å². The van der Waals surface area contributed by atoms with Crippen LogP contribution in [0.15, 0.2) is 72.8 Å². The predicted octanol–water partition coefficient (Wildman–Crippen LogP) is 5.47. The highest BCUT2D eigenvalue weighted by molar-refractivity contribution is 5.95. The molecule has 1 aliphatic heterocycles. The summed E-state index contributed by atoms with van der Waals surface area (Å²) < 4.78 is 11.8. The minimum absolute atomic E-state index is 0.237. The Hall–Kier alpha value is -3.20. The second-order valence-corrected chi connectivity index (χ2v) is 6.36. The van der Waals surface area contributed by atoms with E-state index in [1.165, 1.54) is 0 Å². The van der Waals surface area contributed by atoms with Crippen molar-refractivity contribution in [2.45, 2.75) is 13.0 Å². The van der Waals surface area contributed by atoms with Gasteiger partial charge in [-0.1, -0.05) is 42.5 Å². The Labute approximate surface area is 153 Å². The summed E-state index contributed by atoms with van der Waals surface area (Å²) in [6.07, 6.45) is -0.237. The average molecular weight is 344 g/mol. The fraction of sp³-hybridized carbons (Fsp3) is 0.130. The van der Waals surface area contributed by atoms with Crippen molar-refractivity contribution in [3.63, 3.8) is 0 Å². The van der Waals surface area contributed by atoms with Gasteiger partial charge in [0.1, 0.15) is 23.4 Å². The lowest BCUT2D eigenvalue weighted by Gasteiger charge is -2.31. The molecule has 130 valence electrons. The molecule has 0 saturated heterocycles. The molecule has 0 aliphatic carbocycles. The van der Waals surface area contributed by atoms with Crippen molar-refractivity contribution in [1.82, 2.24) is 0 Å². The standard InChI is InChI=1S/C23H20O3/c1-15-20-14-19(25-2)12-13-21(20)26-23(17-8-10-18(24)11-9-17)22(15)16-6-4-3-5-7-16/h3-14,23-24H,1-2H3. The topological polar surface area (TPSA) is 38.7 Å². The highest BCUT2D eigenvalue weighted by atomic mass is 16.5. The van der Waals surface area contributed by atoms with E-state index in [9.17, 15) is 5.11 Å². The summed E-state index contributed by atoms with van der Waals surface area (Å²) in [6.45, 7) is 2.12. The Morgan fingerprint density at radius 3 is 2.35 bits per heavy atom. The van der Waals surface area contributed by atoms with Crippen LogP contribution in [0.3, 0.4) is 0 Å². The van der Waals surface area contributed by atoms with Crippen molar-refractivity contribution in [1.29, 1.82) is 0 Å². The molecule has 4 rings (SSSR count). The Morgan fingerprint density at radius 2 is 1.65 bits per heavy atom. The molecule has 1 aliphatic rings. The first-order valence-corrected chi connectivity index (χ1v) is 8.57. The number of rotatable bonds is 3. The molecular weight excluding hydrogens is 324 g/mol. The number of aromatic hydroxyl groups is 1. The Kier molecular flexibility index (Phi) is 4.13. The molecule has 3 aromatic carbocycles. The first-order chi connectivity index (χ1) is 12.7. The summed E-state index contributed by atoms with van der Waals surface area (Å²) in [5, 5.41) is 9.64. The molecule has 0 aromatic heterocycles. The zero-order chi connectivity index (χ0) is 18.1. The normalized spacial score (nSPS) is 16.0. The third-order valence-corrected chi connectivity index (χ3v) is 4.78. The molecule has 0 fully saturated rings. The van der Waals surface area contributed by atoms with Crippen LogP contribution in [0.2, 0.25) is 0 Å². The maximum absolute atomic E-state index is 9.64.